The smallest absolute Gasteiger partial charge is 0.200 e. The fourth-order valence-electron chi connectivity index (χ4n) is 3.21. The molecule has 0 saturated heterocycles. The zero-order chi connectivity index (χ0) is 19.7. The monoisotopic (exact) mass is 393 g/mol. The van der Waals surface area contributed by atoms with Gasteiger partial charge in [0.05, 0.1) is 5.52 Å². The number of hydrogen-bond acceptors (Lipinski definition) is 5. The minimum absolute atomic E-state index is 0.116. The highest BCUT2D eigenvalue weighted by Crippen LogP contribution is 2.31. The summed E-state index contributed by atoms with van der Waals surface area (Å²) in [5, 5.41) is 11.3. The second kappa shape index (κ2) is 7.44. The Morgan fingerprint density at radius 1 is 1.07 bits per heavy atom. The van der Waals surface area contributed by atoms with Crippen molar-refractivity contribution in [3.05, 3.63) is 76.6 Å². The summed E-state index contributed by atoms with van der Waals surface area (Å²) in [4.78, 5) is 29.3. The third-order valence-electron chi connectivity index (χ3n) is 4.62. The van der Waals surface area contributed by atoms with Gasteiger partial charge in [-0.1, -0.05) is 11.6 Å². The molecule has 28 heavy (non-hydrogen) atoms. The lowest BCUT2D eigenvalue weighted by Crippen LogP contribution is -2.19. The van der Waals surface area contributed by atoms with Crippen molar-refractivity contribution in [1.29, 1.82) is 0 Å². The number of halogens is 1. The number of aromatic nitrogens is 1. The highest BCUT2D eigenvalue weighted by atomic mass is 35.5. The number of rotatable bonds is 4. The van der Waals surface area contributed by atoms with E-state index in [0.29, 0.717) is 45.8 Å². The first-order chi connectivity index (χ1) is 13.5. The summed E-state index contributed by atoms with van der Waals surface area (Å²) in [6, 6.07) is 13.6. The topological polar surface area (TPSA) is 76.5 Å². The molecule has 0 saturated carbocycles. The fourth-order valence-corrected chi connectivity index (χ4v) is 3.34. The molecule has 2 aromatic carbocycles. The Balaban J connectivity index is 1.75. The van der Waals surface area contributed by atoms with Gasteiger partial charge in [0.25, 0.3) is 0 Å². The van der Waals surface area contributed by atoms with Gasteiger partial charge in [-0.2, -0.15) is 0 Å². The Morgan fingerprint density at radius 2 is 1.86 bits per heavy atom. The number of ketones is 2. The Bertz CT molecular complexity index is 1120. The molecular weight excluding hydrogens is 378 g/mol. The lowest BCUT2D eigenvalue weighted by atomic mass is 9.90. The summed E-state index contributed by atoms with van der Waals surface area (Å²) in [6.07, 6.45) is 2.79. The predicted octanol–water partition coefficient (Wildman–Crippen LogP) is 5.43. The van der Waals surface area contributed by atoms with Crippen molar-refractivity contribution >= 4 is 34.1 Å². The molecule has 3 aromatic rings. The van der Waals surface area contributed by atoms with E-state index < -0.39 is 5.78 Å². The average Bonchev–Trinajstić information content (AvgIpc) is 2.69. The van der Waals surface area contributed by atoms with E-state index in [2.05, 4.69) is 4.98 Å². The van der Waals surface area contributed by atoms with Gasteiger partial charge in [0.15, 0.2) is 11.6 Å². The van der Waals surface area contributed by atoms with E-state index in [1.165, 1.54) is 0 Å². The summed E-state index contributed by atoms with van der Waals surface area (Å²) in [6.45, 7) is 0. The third kappa shape index (κ3) is 3.49. The van der Waals surface area contributed by atoms with Crippen LogP contribution in [0, 0.1) is 0 Å². The summed E-state index contributed by atoms with van der Waals surface area (Å²) >= 11 is 5.91. The van der Waals surface area contributed by atoms with E-state index in [9.17, 15) is 14.7 Å². The predicted molar refractivity (Wildman–Crippen MR) is 106 cm³/mol. The number of carbonyl (C=O) groups is 2. The van der Waals surface area contributed by atoms with Crippen molar-refractivity contribution in [1.82, 2.24) is 4.98 Å². The molecule has 0 aliphatic heterocycles. The van der Waals surface area contributed by atoms with Crippen molar-refractivity contribution in [2.24, 2.45) is 0 Å². The van der Waals surface area contributed by atoms with Gasteiger partial charge in [-0.05, 0) is 55.0 Å². The SMILES string of the molecule is O=C1CCCC(O)=C1C(=O)c1ccc2nccc(Oc3ccc(Cl)cc3)c2c1. The van der Waals surface area contributed by atoms with Crippen LogP contribution >= 0.6 is 11.6 Å². The van der Waals surface area contributed by atoms with Crippen LogP contribution in [0.4, 0.5) is 0 Å². The van der Waals surface area contributed by atoms with Crippen molar-refractivity contribution in [2.75, 3.05) is 0 Å². The van der Waals surface area contributed by atoms with E-state index in [1.54, 1.807) is 54.7 Å². The summed E-state index contributed by atoms with van der Waals surface area (Å²) in [5.74, 6) is 0.180. The first-order valence-corrected chi connectivity index (χ1v) is 9.23. The number of Topliss-reactive ketones (excluding diaryl/α,β-unsaturated/α-hetero) is 2. The van der Waals surface area contributed by atoms with Crippen molar-refractivity contribution < 1.29 is 19.4 Å². The molecular formula is C22H16ClNO4. The minimum atomic E-state index is -0.481. The number of aliphatic hydroxyl groups excluding tert-OH is 1. The van der Waals surface area contributed by atoms with Crippen LogP contribution in [-0.2, 0) is 4.79 Å². The molecule has 6 heteroatoms. The summed E-state index contributed by atoms with van der Waals surface area (Å²) < 4.78 is 5.93. The largest absolute Gasteiger partial charge is 0.511 e. The Hall–Kier alpha value is -3.18. The molecule has 0 radical (unpaired) electrons. The first kappa shape index (κ1) is 18.2. The molecule has 5 nitrogen and oxygen atoms in total. The van der Waals surface area contributed by atoms with Crippen molar-refractivity contribution in [3.63, 3.8) is 0 Å². The number of pyridine rings is 1. The zero-order valence-electron chi connectivity index (χ0n) is 14.8. The summed E-state index contributed by atoms with van der Waals surface area (Å²) in [7, 11) is 0. The second-order valence-corrected chi connectivity index (χ2v) is 6.96. The molecule has 140 valence electrons. The second-order valence-electron chi connectivity index (χ2n) is 6.52. The van der Waals surface area contributed by atoms with E-state index in [0.717, 1.165) is 0 Å². The molecule has 1 aliphatic rings. The number of fused-ring (bicyclic) bond motifs is 1. The van der Waals surface area contributed by atoms with Crippen LogP contribution in [0.2, 0.25) is 5.02 Å². The van der Waals surface area contributed by atoms with E-state index >= 15 is 0 Å². The van der Waals surface area contributed by atoms with Gasteiger partial charge in [0.1, 0.15) is 22.8 Å². The lowest BCUT2D eigenvalue weighted by Gasteiger charge is -2.14. The van der Waals surface area contributed by atoms with Crippen LogP contribution < -0.4 is 4.74 Å². The molecule has 1 aromatic heterocycles. The number of allylic oxidation sites excluding steroid dienone is 2. The van der Waals surface area contributed by atoms with Gasteiger partial charge in [-0.3, -0.25) is 14.6 Å². The number of carbonyl (C=O) groups excluding carboxylic acids is 2. The molecule has 0 spiro atoms. The Labute approximate surface area is 166 Å². The molecule has 0 fully saturated rings. The van der Waals surface area contributed by atoms with Crippen molar-refractivity contribution in [2.45, 2.75) is 19.3 Å². The van der Waals surface area contributed by atoms with Crippen LogP contribution in [0.25, 0.3) is 10.9 Å². The maximum absolute atomic E-state index is 12.9. The number of hydrogen-bond donors (Lipinski definition) is 1. The van der Waals surface area contributed by atoms with Crippen molar-refractivity contribution in [3.8, 4) is 11.5 Å². The zero-order valence-corrected chi connectivity index (χ0v) is 15.6. The number of aliphatic hydroxyl groups is 1. The Morgan fingerprint density at radius 3 is 2.61 bits per heavy atom. The number of nitrogens with zero attached hydrogens (tertiary/aromatic N) is 1. The molecule has 0 atom stereocenters. The average molecular weight is 394 g/mol. The van der Waals surface area contributed by atoms with Gasteiger partial charge < -0.3 is 9.84 Å². The molecule has 1 aliphatic carbocycles. The molecule has 1 N–H and O–H groups in total. The third-order valence-corrected chi connectivity index (χ3v) is 4.87. The van der Waals surface area contributed by atoms with Crippen LogP contribution in [0.15, 0.2) is 66.1 Å². The van der Waals surface area contributed by atoms with Gasteiger partial charge in [-0.15, -0.1) is 0 Å². The number of benzene rings is 2. The van der Waals surface area contributed by atoms with E-state index in [1.807, 2.05) is 0 Å². The van der Waals surface area contributed by atoms with Crippen LogP contribution in [0.5, 0.6) is 11.5 Å². The maximum atomic E-state index is 12.9. The standard InChI is InChI=1S/C22H16ClNO4/c23-14-5-7-15(8-6-14)28-20-10-11-24-17-9-4-13(12-16(17)20)22(27)21-18(25)2-1-3-19(21)26/h4-12,25H,1-3H2. The highest BCUT2D eigenvalue weighted by Gasteiger charge is 2.27. The first-order valence-electron chi connectivity index (χ1n) is 8.85. The Kier molecular flexibility index (Phi) is 4.84. The fraction of sp³-hybridized carbons (Fsp3) is 0.136. The summed E-state index contributed by atoms with van der Waals surface area (Å²) in [5.41, 5.74) is 0.837. The van der Waals surface area contributed by atoms with Gasteiger partial charge in [0, 0.05) is 35.0 Å². The molecule has 0 bridgehead atoms. The van der Waals surface area contributed by atoms with Gasteiger partial charge in [-0.25, -0.2) is 0 Å². The number of ether oxygens (including phenoxy) is 1. The van der Waals surface area contributed by atoms with Crippen LogP contribution in [-0.4, -0.2) is 21.7 Å². The molecule has 1 heterocycles. The van der Waals surface area contributed by atoms with Crippen LogP contribution in [0.3, 0.4) is 0 Å². The highest BCUT2D eigenvalue weighted by molar-refractivity contribution is 6.30. The molecule has 0 amide bonds. The quantitative estimate of drug-likeness (QED) is 0.472. The van der Waals surface area contributed by atoms with Crippen LogP contribution in [0.1, 0.15) is 29.6 Å². The normalized spacial score (nSPS) is 14.4. The van der Waals surface area contributed by atoms with E-state index in [-0.39, 0.29) is 23.5 Å². The molecule has 4 rings (SSSR count). The lowest BCUT2D eigenvalue weighted by molar-refractivity contribution is -0.116. The molecule has 0 unspecified atom stereocenters. The van der Waals surface area contributed by atoms with Gasteiger partial charge >= 0.3 is 0 Å². The minimum Gasteiger partial charge on any atom is -0.511 e. The van der Waals surface area contributed by atoms with Gasteiger partial charge in [0.2, 0.25) is 0 Å². The maximum Gasteiger partial charge on any atom is 0.200 e. The van der Waals surface area contributed by atoms with E-state index in [4.69, 9.17) is 16.3 Å².